The first kappa shape index (κ1) is 7.84. The molecule has 11 heavy (non-hydrogen) atoms. The molecule has 1 rings (SSSR count). The highest BCUT2D eigenvalue weighted by Gasteiger charge is 1.93. The number of rotatable bonds is 4. The van der Waals surface area contributed by atoms with E-state index in [0.717, 1.165) is 19.4 Å². The number of anilines is 1. The summed E-state index contributed by atoms with van der Waals surface area (Å²) in [5.74, 6) is 0.517. The Hall–Kier alpha value is -1.26. The molecule has 0 aliphatic rings. The molecule has 0 radical (unpaired) electrons. The summed E-state index contributed by atoms with van der Waals surface area (Å²) in [6.07, 6.45) is 2.20. The number of nitrogens with one attached hydrogen (secondary N) is 3. The lowest BCUT2D eigenvalue weighted by Crippen LogP contribution is -2.04. The molecule has 0 unspecified atom stereocenters. The summed E-state index contributed by atoms with van der Waals surface area (Å²) >= 11 is 0. The van der Waals surface area contributed by atoms with Gasteiger partial charge in [-0.15, -0.1) is 5.10 Å². The Morgan fingerprint density at radius 3 is 3.00 bits per heavy atom. The van der Waals surface area contributed by atoms with Gasteiger partial charge in [0.15, 0.2) is 0 Å². The summed E-state index contributed by atoms with van der Waals surface area (Å²) in [4.78, 5) is 13.0. The maximum Gasteiger partial charge on any atom is 0.342 e. The second kappa shape index (κ2) is 3.80. The van der Waals surface area contributed by atoms with Crippen LogP contribution >= 0.6 is 0 Å². The van der Waals surface area contributed by atoms with Gasteiger partial charge in [-0.05, 0) is 6.42 Å². The topological polar surface area (TPSA) is 73.6 Å². The van der Waals surface area contributed by atoms with E-state index in [4.69, 9.17) is 0 Å². The molecule has 0 aromatic carbocycles. The second-order valence-electron chi connectivity index (χ2n) is 2.31. The minimum Gasteiger partial charge on any atom is -0.354 e. The van der Waals surface area contributed by atoms with Gasteiger partial charge in [0.25, 0.3) is 0 Å². The molecule has 1 aromatic heterocycles. The van der Waals surface area contributed by atoms with Crippen molar-refractivity contribution in [1.29, 1.82) is 0 Å². The fourth-order valence-electron chi connectivity index (χ4n) is 0.737. The normalized spacial score (nSPS) is 9.91. The van der Waals surface area contributed by atoms with Crippen LogP contribution in [0.2, 0.25) is 0 Å². The highest BCUT2D eigenvalue weighted by molar-refractivity contribution is 5.19. The summed E-state index contributed by atoms with van der Waals surface area (Å²) in [6.45, 7) is 2.95. The van der Waals surface area contributed by atoms with E-state index in [0.29, 0.717) is 5.95 Å². The zero-order chi connectivity index (χ0) is 8.10. The van der Waals surface area contributed by atoms with Crippen molar-refractivity contribution >= 4 is 5.95 Å². The summed E-state index contributed by atoms with van der Waals surface area (Å²) in [6, 6.07) is 0. The van der Waals surface area contributed by atoms with Crippen molar-refractivity contribution in [3.63, 3.8) is 0 Å². The molecule has 0 bridgehead atoms. The average Bonchev–Trinajstić information content (AvgIpc) is 2.37. The van der Waals surface area contributed by atoms with E-state index in [-0.39, 0.29) is 5.69 Å². The summed E-state index contributed by atoms with van der Waals surface area (Å²) in [5.41, 5.74) is -0.274. The van der Waals surface area contributed by atoms with Gasteiger partial charge in [0.1, 0.15) is 0 Å². The molecule has 1 heterocycles. The minimum absolute atomic E-state index is 0.274. The SMILES string of the molecule is CCCCNc1n[nH]c(=O)[nH]1. The molecular formula is C6H12N4O. The lowest BCUT2D eigenvalue weighted by molar-refractivity contribution is 0.827. The Kier molecular flexibility index (Phi) is 2.71. The quantitative estimate of drug-likeness (QED) is 0.549. The molecule has 3 N–H and O–H groups in total. The molecular weight excluding hydrogens is 144 g/mol. The third-order valence-corrected chi connectivity index (χ3v) is 1.32. The van der Waals surface area contributed by atoms with Gasteiger partial charge in [-0.2, -0.15) is 0 Å². The van der Waals surface area contributed by atoms with Crippen LogP contribution in [0.25, 0.3) is 0 Å². The molecule has 0 fully saturated rings. The Morgan fingerprint density at radius 1 is 1.64 bits per heavy atom. The Balaban J connectivity index is 2.33. The number of aromatic nitrogens is 3. The second-order valence-corrected chi connectivity index (χ2v) is 2.31. The molecule has 0 atom stereocenters. The first-order valence-electron chi connectivity index (χ1n) is 3.71. The summed E-state index contributed by atoms with van der Waals surface area (Å²) < 4.78 is 0. The van der Waals surface area contributed by atoms with Gasteiger partial charge in [-0.1, -0.05) is 13.3 Å². The number of hydrogen-bond acceptors (Lipinski definition) is 3. The van der Waals surface area contributed by atoms with Crippen LogP contribution in [0.3, 0.4) is 0 Å². The van der Waals surface area contributed by atoms with E-state index in [1.165, 1.54) is 0 Å². The van der Waals surface area contributed by atoms with Gasteiger partial charge in [0.2, 0.25) is 5.95 Å². The largest absolute Gasteiger partial charge is 0.354 e. The number of unbranched alkanes of at least 4 members (excludes halogenated alkanes) is 1. The number of nitrogens with zero attached hydrogens (tertiary/aromatic N) is 1. The zero-order valence-corrected chi connectivity index (χ0v) is 6.48. The lowest BCUT2D eigenvalue weighted by atomic mass is 10.3. The van der Waals surface area contributed by atoms with E-state index in [2.05, 4.69) is 27.4 Å². The van der Waals surface area contributed by atoms with Gasteiger partial charge in [0.05, 0.1) is 0 Å². The van der Waals surface area contributed by atoms with E-state index in [9.17, 15) is 4.79 Å². The molecule has 5 heteroatoms. The van der Waals surface area contributed by atoms with Gasteiger partial charge in [-0.3, -0.25) is 4.98 Å². The molecule has 0 amide bonds. The molecule has 0 saturated heterocycles. The highest BCUT2D eigenvalue weighted by atomic mass is 16.1. The molecule has 0 aliphatic carbocycles. The van der Waals surface area contributed by atoms with Crippen molar-refractivity contribution in [2.45, 2.75) is 19.8 Å². The number of aromatic amines is 2. The summed E-state index contributed by atoms with van der Waals surface area (Å²) in [7, 11) is 0. The van der Waals surface area contributed by atoms with Crippen LogP contribution in [0.15, 0.2) is 4.79 Å². The van der Waals surface area contributed by atoms with Crippen LogP contribution in [0, 0.1) is 0 Å². The molecule has 1 aromatic rings. The average molecular weight is 156 g/mol. The molecule has 62 valence electrons. The maximum atomic E-state index is 10.5. The van der Waals surface area contributed by atoms with Crippen molar-refractivity contribution in [2.24, 2.45) is 0 Å². The minimum atomic E-state index is -0.274. The van der Waals surface area contributed by atoms with Gasteiger partial charge < -0.3 is 5.32 Å². The Bertz CT molecular complexity index is 251. The van der Waals surface area contributed by atoms with Crippen LogP contribution in [-0.2, 0) is 0 Å². The van der Waals surface area contributed by atoms with E-state index >= 15 is 0 Å². The van der Waals surface area contributed by atoms with Crippen LogP contribution in [0.4, 0.5) is 5.95 Å². The monoisotopic (exact) mass is 156 g/mol. The predicted octanol–water partition coefficient (Wildman–Crippen LogP) is 0.310. The first-order chi connectivity index (χ1) is 5.33. The highest BCUT2D eigenvalue weighted by Crippen LogP contribution is 1.91. The maximum absolute atomic E-state index is 10.5. The molecule has 5 nitrogen and oxygen atoms in total. The Labute approximate surface area is 64.2 Å². The van der Waals surface area contributed by atoms with Crippen LogP contribution < -0.4 is 11.0 Å². The van der Waals surface area contributed by atoms with E-state index in [1.807, 2.05) is 0 Å². The van der Waals surface area contributed by atoms with E-state index < -0.39 is 0 Å². The van der Waals surface area contributed by atoms with Crippen molar-refractivity contribution < 1.29 is 0 Å². The molecule has 0 spiro atoms. The predicted molar refractivity (Wildman–Crippen MR) is 42.6 cm³/mol. The van der Waals surface area contributed by atoms with Gasteiger partial charge in [-0.25, -0.2) is 9.89 Å². The number of hydrogen-bond donors (Lipinski definition) is 3. The van der Waals surface area contributed by atoms with Crippen LogP contribution in [0.1, 0.15) is 19.8 Å². The third kappa shape index (κ3) is 2.45. The van der Waals surface area contributed by atoms with Crippen LogP contribution in [-0.4, -0.2) is 21.7 Å². The van der Waals surface area contributed by atoms with Crippen molar-refractivity contribution in [3.8, 4) is 0 Å². The van der Waals surface area contributed by atoms with Gasteiger partial charge >= 0.3 is 5.69 Å². The lowest BCUT2D eigenvalue weighted by Gasteiger charge is -1.97. The van der Waals surface area contributed by atoms with Crippen molar-refractivity contribution in [1.82, 2.24) is 15.2 Å². The standard InChI is InChI=1S/C6H12N4O/c1-2-3-4-7-5-8-6(11)10-9-5/h2-4H2,1H3,(H3,7,8,9,10,11). The molecule has 0 aliphatic heterocycles. The zero-order valence-electron chi connectivity index (χ0n) is 6.48. The molecule has 0 saturated carbocycles. The fourth-order valence-corrected chi connectivity index (χ4v) is 0.737. The smallest absolute Gasteiger partial charge is 0.342 e. The van der Waals surface area contributed by atoms with E-state index in [1.54, 1.807) is 0 Å². The van der Waals surface area contributed by atoms with Crippen molar-refractivity contribution in [2.75, 3.05) is 11.9 Å². The first-order valence-corrected chi connectivity index (χ1v) is 3.71. The number of H-pyrrole nitrogens is 2. The third-order valence-electron chi connectivity index (χ3n) is 1.32. The summed E-state index contributed by atoms with van der Waals surface area (Å²) in [5, 5.41) is 8.92. The van der Waals surface area contributed by atoms with Crippen LogP contribution in [0.5, 0.6) is 0 Å². The Morgan fingerprint density at radius 2 is 2.45 bits per heavy atom. The van der Waals surface area contributed by atoms with Gasteiger partial charge in [0, 0.05) is 6.54 Å². The van der Waals surface area contributed by atoms with Crippen molar-refractivity contribution in [3.05, 3.63) is 10.5 Å². The fraction of sp³-hybridized carbons (Fsp3) is 0.667.